The number of carbonyl (C=O) groups excluding carboxylic acids is 1. The third-order valence-corrected chi connectivity index (χ3v) is 3.58. The number of nitrogens with zero attached hydrogens (tertiary/aromatic N) is 2. The van der Waals surface area contributed by atoms with Gasteiger partial charge in [0.15, 0.2) is 6.04 Å². The number of thioether (sulfide) groups is 1. The van der Waals surface area contributed by atoms with Crippen LogP contribution in [0.1, 0.15) is 27.2 Å². The van der Waals surface area contributed by atoms with Crippen molar-refractivity contribution in [1.82, 2.24) is 4.90 Å². The van der Waals surface area contributed by atoms with Crippen LogP contribution in [0.4, 0.5) is 4.39 Å². The highest BCUT2D eigenvalue weighted by molar-refractivity contribution is 8.03. The van der Waals surface area contributed by atoms with Gasteiger partial charge in [-0.05, 0) is 25.7 Å². The fraction of sp³-hybridized carbons (Fsp3) is 0.467. The van der Waals surface area contributed by atoms with Crippen LogP contribution in [0.25, 0.3) is 0 Å². The molecular weight excluding hydrogens is 291 g/mol. The fourth-order valence-corrected chi connectivity index (χ4v) is 2.63. The summed E-state index contributed by atoms with van der Waals surface area (Å²) in [6, 6.07) is -0.663. The van der Waals surface area contributed by atoms with Crippen molar-refractivity contribution < 1.29 is 13.9 Å². The maximum absolute atomic E-state index is 12.6. The Bertz CT molecular complexity index is 472. The SMILES string of the molecule is C/C=C\CC1=NC(C(=O)OCC)C=C(SCC)N1/C=C/F. The van der Waals surface area contributed by atoms with E-state index in [4.69, 9.17) is 4.74 Å². The Kier molecular flexibility index (Phi) is 7.82. The molecule has 0 bridgehead atoms. The van der Waals surface area contributed by atoms with Crippen LogP contribution in [-0.2, 0) is 9.53 Å². The van der Waals surface area contributed by atoms with Gasteiger partial charge in [-0.1, -0.05) is 19.1 Å². The quantitative estimate of drug-likeness (QED) is 0.532. The first-order chi connectivity index (χ1) is 10.2. The number of hydrogen-bond acceptors (Lipinski definition) is 5. The minimum Gasteiger partial charge on any atom is -0.464 e. The van der Waals surface area contributed by atoms with E-state index in [0.717, 1.165) is 10.8 Å². The molecule has 1 aliphatic rings. The molecule has 1 rings (SSSR count). The molecule has 0 amide bonds. The third-order valence-electron chi connectivity index (χ3n) is 2.67. The second-order valence-corrected chi connectivity index (χ2v) is 5.38. The lowest BCUT2D eigenvalue weighted by Crippen LogP contribution is -2.33. The van der Waals surface area contributed by atoms with E-state index in [1.54, 1.807) is 17.9 Å². The number of amidine groups is 1. The Morgan fingerprint density at radius 3 is 2.90 bits per heavy atom. The Hall–Kier alpha value is -1.56. The number of aliphatic imine (C=N–C) groups is 1. The highest BCUT2D eigenvalue weighted by atomic mass is 32.2. The minimum atomic E-state index is -0.663. The van der Waals surface area contributed by atoms with Crippen LogP contribution in [0.2, 0.25) is 0 Å². The molecule has 1 atom stereocenters. The zero-order valence-corrected chi connectivity index (χ0v) is 13.4. The van der Waals surface area contributed by atoms with Crippen LogP contribution >= 0.6 is 11.8 Å². The van der Waals surface area contributed by atoms with Crippen LogP contribution in [0.5, 0.6) is 0 Å². The van der Waals surface area contributed by atoms with Crippen molar-refractivity contribution in [1.29, 1.82) is 0 Å². The number of hydrogen-bond donors (Lipinski definition) is 0. The maximum atomic E-state index is 12.6. The summed E-state index contributed by atoms with van der Waals surface area (Å²) < 4.78 is 17.7. The van der Waals surface area contributed by atoms with Crippen molar-refractivity contribution in [2.24, 2.45) is 4.99 Å². The molecule has 0 spiro atoms. The molecule has 116 valence electrons. The van der Waals surface area contributed by atoms with E-state index in [-0.39, 0.29) is 5.97 Å². The molecule has 0 saturated heterocycles. The van der Waals surface area contributed by atoms with Gasteiger partial charge in [0.05, 0.1) is 11.6 Å². The van der Waals surface area contributed by atoms with Gasteiger partial charge in [0.25, 0.3) is 0 Å². The predicted molar refractivity (Wildman–Crippen MR) is 85.6 cm³/mol. The van der Waals surface area contributed by atoms with E-state index >= 15 is 0 Å². The van der Waals surface area contributed by atoms with E-state index in [1.165, 1.54) is 18.0 Å². The predicted octanol–water partition coefficient (Wildman–Crippen LogP) is 3.63. The molecule has 21 heavy (non-hydrogen) atoms. The fourth-order valence-electron chi connectivity index (χ4n) is 1.81. The monoisotopic (exact) mass is 312 g/mol. The number of esters is 1. The molecule has 1 unspecified atom stereocenters. The van der Waals surface area contributed by atoms with Gasteiger partial charge in [-0.15, -0.1) is 11.8 Å². The third kappa shape index (κ3) is 5.04. The van der Waals surface area contributed by atoms with Gasteiger partial charge < -0.3 is 4.74 Å². The largest absolute Gasteiger partial charge is 0.464 e. The van der Waals surface area contributed by atoms with Gasteiger partial charge in [-0.3, -0.25) is 9.89 Å². The Morgan fingerprint density at radius 1 is 1.57 bits per heavy atom. The topological polar surface area (TPSA) is 41.9 Å². The molecule has 0 aromatic heterocycles. The lowest BCUT2D eigenvalue weighted by atomic mass is 10.2. The Balaban J connectivity index is 3.10. The summed E-state index contributed by atoms with van der Waals surface area (Å²) in [7, 11) is 0. The van der Waals surface area contributed by atoms with E-state index in [0.29, 0.717) is 25.2 Å². The average Bonchev–Trinajstić information content (AvgIpc) is 2.48. The first kappa shape index (κ1) is 17.5. The maximum Gasteiger partial charge on any atom is 0.335 e. The number of allylic oxidation sites excluding steroid dienone is 1. The van der Waals surface area contributed by atoms with Gasteiger partial charge in [0.2, 0.25) is 0 Å². The van der Waals surface area contributed by atoms with Gasteiger partial charge >= 0.3 is 5.97 Å². The highest BCUT2D eigenvalue weighted by Gasteiger charge is 2.26. The summed E-state index contributed by atoms with van der Waals surface area (Å²) in [5, 5.41) is 0.791. The molecule has 0 N–H and O–H groups in total. The van der Waals surface area contributed by atoms with Crippen molar-refractivity contribution in [2.75, 3.05) is 12.4 Å². The summed E-state index contributed by atoms with van der Waals surface area (Å²) >= 11 is 1.53. The smallest absolute Gasteiger partial charge is 0.335 e. The van der Waals surface area contributed by atoms with Crippen LogP contribution in [0.3, 0.4) is 0 Å². The van der Waals surface area contributed by atoms with Crippen molar-refractivity contribution in [3.8, 4) is 0 Å². The standard InChI is InChI=1S/C15H21FN2O2S/c1-4-7-8-13-17-12(15(19)20-5-2)11-14(21-6-3)18(13)10-9-16/h4,7,9-12H,5-6,8H2,1-3H3/b7-4-,10-9+. The first-order valence-corrected chi connectivity index (χ1v) is 7.91. The zero-order chi connectivity index (χ0) is 15.7. The van der Waals surface area contributed by atoms with Crippen LogP contribution < -0.4 is 0 Å². The lowest BCUT2D eigenvalue weighted by molar-refractivity contribution is -0.143. The number of halogens is 1. The summed E-state index contributed by atoms with van der Waals surface area (Å²) in [5.41, 5.74) is 0. The molecule has 0 saturated carbocycles. The van der Waals surface area contributed by atoms with E-state index in [2.05, 4.69) is 4.99 Å². The number of rotatable bonds is 7. The molecular formula is C15H21FN2O2S. The molecule has 0 aromatic rings. The van der Waals surface area contributed by atoms with E-state index in [1.807, 2.05) is 26.0 Å². The summed E-state index contributed by atoms with van der Waals surface area (Å²) in [6.07, 6.45) is 7.84. The Morgan fingerprint density at radius 2 is 2.33 bits per heavy atom. The first-order valence-electron chi connectivity index (χ1n) is 6.93. The number of ether oxygens (including phenoxy) is 1. The molecule has 0 aliphatic carbocycles. The average molecular weight is 312 g/mol. The summed E-state index contributed by atoms with van der Waals surface area (Å²) in [4.78, 5) is 18.0. The van der Waals surface area contributed by atoms with Gasteiger partial charge in [-0.2, -0.15) is 0 Å². The van der Waals surface area contributed by atoms with Crippen molar-refractivity contribution in [3.05, 3.63) is 35.8 Å². The van der Waals surface area contributed by atoms with Crippen LogP contribution in [0, 0.1) is 0 Å². The second-order valence-electron chi connectivity index (χ2n) is 4.10. The van der Waals surface area contributed by atoms with Crippen LogP contribution in [0.15, 0.2) is 40.8 Å². The molecule has 0 aromatic carbocycles. The molecule has 6 heteroatoms. The lowest BCUT2D eigenvalue weighted by Gasteiger charge is -2.29. The van der Waals surface area contributed by atoms with Crippen LogP contribution in [-0.4, -0.2) is 35.1 Å². The van der Waals surface area contributed by atoms with Crippen molar-refractivity contribution in [2.45, 2.75) is 33.2 Å². The van der Waals surface area contributed by atoms with Gasteiger partial charge in [-0.25, -0.2) is 9.18 Å². The highest BCUT2D eigenvalue weighted by Crippen LogP contribution is 2.27. The van der Waals surface area contributed by atoms with Gasteiger partial charge in [0.1, 0.15) is 12.2 Å². The molecule has 1 aliphatic heterocycles. The number of carbonyl (C=O) groups is 1. The van der Waals surface area contributed by atoms with E-state index in [9.17, 15) is 9.18 Å². The summed E-state index contributed by atoms with van der Waals surface area (Å²) in [6.45, 7) is 5.97. The molecule has 0 radical (unpaired) electrons. The molecule has 1 heterocycles. The zero-order valence-electron chi connectivity index (χ0n) is 12.6. The van der Waals surface area contributed by atoms with Crippen molar-refractivity contribution >= 4 is 23.6 Å². The molecule has 4 nitrogen and oxygen atoms in total. The minimum absolute atomic E-state index is 0.313. The second kappa shape index (κ2) is 9.39. The summed E-state index contributed by atoms with van der Waals surface area (Å²) in [5.74, 6) is 1.06. The molecule has 0 fully saturated rings. The van der Waals surface area contributed by atoms with Gasteiger partial charge in [0, 0.05) is 12.6 Å². The van der Waals surface area contributed by atoms with Crippen molar-refractivity contribution in [3.63, 3.8) is 0 Å². The Labute approximate surface area is 129 Å². The normalized spacial score (nSPS) is 19.0. The van der Waals surface area contributed by atoms with E-state index < -0.39 is 6.04 Å².